The number of anilines is 1. The van der Waals surface area contributed by atoms with Gasteiger partial charge >= 0.3 is 0 Å². The van der Waals surface area contributed by atoms with Gasteiger partial charge in [-0.2, -0.15) is 0 Å². The Kier molecular flexibility index (Phi) is 16.4. The smallest absolute Gasteiger partial charge is 0.225 e. The van der Waals surface area contributed by atoms with E-state index in [0.29, 0.717) is 33.5 Å². The highest BCUT2D eigenvalue weighted by molar-refractivity contribution is 7.84. The van der Waals surface area contributed by atoms with Crippen molar-refractivity contribution in [2.45, 2.75) is 38.0 Å². The lowest BCUT2D eigenvalue weighted by molar-refractivity contribution is -0.0980. The maximum absolute atomic E-state index is 11.7. The van der Waals surface area contributed by atoms with Gasteiger partial charge in [-0.1, -0.05) is 30.1 Å². The summed E-state index contributed by atoms with van der Waals surface area (Å²) in [5.41, 5.74) is 13.1. The van der Waals surface area contributed by atoms with E-state index in [0.717, 1.165) is 95.0 Å². The fourth-order valence-electron chi connectivity index (χ4n) is 5.54. The van der Waals surface area contributed by atoms with Gasteiger partial charge in [-0.25, -0.2) is 15.0 Å². The second-order valence-corrected chi connectivity index (χ2v) is 14.2. The normalized spacial score (nSPS) is 17.1. The van der Waals surface area contributed by atoms with Crippen LogP contribution < -0.4 is 21.1 Å². The zero-order chi connectivity index (χ0) is 34.3. The topological polar surface area (TPSA) is 144 Å². The van der Waals surface area contributed by atoms with Crippen LogP contribution >= 0.6 is 23.2 Å². The number of piperazine rings is 1. The second kappa shape index (κ2) is 20.0. The van der Waals surface area contributed by atoms with E-state index in [1.54, 1.807) is 24.7 Å². The minimum absolute atomic E-state index is 0.220. The number of carbonyl (C=O) groups is 1. The van der Waals surface area contributed by atoms with Gasteiger partial charge in [0.15, 0.2) is 5.75 Å². The highest BCUT2D eigenvalue weighted by atomic mass is 35.5. The Morgan fingerprint density at radius 2 is 1.57 bits per heavy atom. The number of likely N-dealkylation sites (tertiary alicyclic amines) is 1. The molecule has 0 bridgehead atoms. The van der Waals surface area contributed by atoms with Gasteiger partial charge in [-0.3, -0.25) is 14.0 Å². The molecule has 0 saturated carbocycles. The molecule has 5 rings (SSSR count). The molecule has 47 heavy (non-hydrogen) atoms. The molecular formula is C33H48Cl2N8O3S. The van der Waals surface area contributed by atoms with Gasteiger partial charge in [0.25, 0.3) is 0 Å². The zero-order valence-corrected chi connectivity index (χ0v) is 29.9. The van der Waals surface area contributed by atoms with Crippen molar-refractivity contribution in [2.24, 2.45) is 17.4 Å². The van der Waals surface area contributed by atoms with Crippen LogP contribution in [0.4, 0.5) is 5.95 Å². The van der Waals surface area contributed by atoms with Crippen molar-refractivity contribution >= 4 is 46.7 Å². The van der Waals surface area contributed by atoms with Gasteiger partial charge < -0.3 is 25.9 Å². The third-order valence-corrected chi connectivity index (χ3v) is 10.2. The molecular weight excluding hydrogens is 659 g/mol. The number of rotatable bonds is 11. The lowest BCUT2D eigenvalue weighted by atomic mass is 9.97. The van der Waals surface area contributed by atoms with Crippen molar-refractivity contribution in [3.05, 3.63) is 58.3 Å². The van der Waals surface area contributed by atoms with Crippen molar-refractivity contribution in [3.63, 3.8) is 0 Å². The van der Waals surface area contributed by atoms with Crippen LogP contribution in [-0.2, 0) is 22.1 Å². The lowest BCUT2D eigenvalue weighted by Crippen LogP contribution is -2.47. The molecule has 11 nitrogen and oxygen atoms in total. The van der Waals surface area contributed by atoms with Gasteiger partial charge in [0, 0.05) is 76.7 Å². The molecule has 0 amide bonds. The Morgan fingerprint density at radius 1 is 0.957 bits per heavy atom. The van der Waals surface area contributed by atoms with Gasteiger partial charge in [0.1, 0.15) is 6.79 Å². The number of pyridine rings is 1. The first kappa shape index (κ1) is 38.7. The summed E-state index contributed by atoms with van der Waals surface area (Å²) in [6, 6.07) is 9.49. The van der Waals surface area contributed by atoms with Crippen molar-refractivity contribution in [1.82, 2.24) is 24.8 Å². The standard InChI is InChI=1S/C31H41Cl2N7O2S.CH5N.CH2O/c1-22(43(2)41)3-6-38-9-11-40(12-10-38)31-35-19-28(20-36-31)42-30-14-24(21-39-7-4-23(18-34)5-8-39)13-29(37-30)25-15-26(32)17-27(33)16-25;2*1-2/h13-17,19-20,22-23H,3-12,18,21,34H2,1-2H3;2H2,1H3;1H2. The largest absolute Gasteiger partial charge is 0.436 e. The van der Waals surface area contributed by atoms with Crippen molar-refractivity contribution in [3.8, 4) is 22.9 Å². The van der Waals surface area contributed by atoms with E-state index in [-0.39, 0.29) is 5.25 Å². The fraction of sp³-hybridized carbons (Fsp3) is 0.515. The Morgan fingerprint density at radius 3 is 2.15 bits per heavy atom. The number of carbonyl (C=O) groups excluding carboxylic acids is 1. The number of hydrogen-bond donors (Lipinski definition) is 2. The summed E-state index contributed by atoms with van der Waals surface area (Å²) in [6.45, 7) is 12.1. The van der Waals surface area contributed by atoms with E-state index in [9.17, 15) is 4.21 Å². The van der Waals surface area contributed by atoms with Crippen LogP contribution in [-0.4, -0.2) is 107 Å². The SMILES string of the molecule is C=O.CC(CCN1CCN(c2ncc(Oc3cc(CN4CCC(CN)CC4)cc(-c4cc(Cl)cc(Cl)c4)n3)cn2)CC1)S(C)=O.CN. The maximum atomic E-state index is 11.7. The highest BCUT2D eigenvalue weighted by Crippen LogP contribution is 2.31. The second-order valence-electron chi connectivity index (χ2n) is 11.6. The Labute approximate surface area is 291 Å². The Balaban J connectivity index is 0.00000144. The molecule has 4 N–H and O–H groups in total. The molecule has 0 spiro atoms. The van der Waals surface area contributed by atoms with E-state index in [1.807, 2.05) is 25.0 Å². The molecule has 2 aromatic heterocycles. The first-order valence-corrected chi connectivity index (χ1v) is 18.2. The molecule has 258 valence electrons. The molecule has 1 aromatic carbocycles. The molecule has 0 radical (unpaired) electrons. The summed E-state index contributed by atoms with van der Waals surface area (Å²) >= 11 is 12.6. The van der Waals surface area contributed by atoms with E-state index in [2.05, 4.69) is 43.4 Å². The van der Waals surface area contributed by atoms with Gasteiger partial charge in [0.2, 0.25) is 11.8 Å². The quantitative estimate of drug-likeness (QED) is 0.291. The van der Waals surface area contributed by atoms with Crippen LogP contribution in [0.2, 0.25) is 10.0 Å². The van der Waals surface area contributed by atoms with E-state index < -0.39 is 10.8 Å². The third kappa shape index (κ3) is 12.0. The highest BCUT2D eigenvalue weighted by Gasteiger charge is 2.21. The molecule has 2 aliphatic heterocycles. The molecule has 2 aliphatic rings. The van der Waals surface area contributed by atoms with E-state index >= 15 is 0 Å². The number of hydrogen-bond acceptors (Lipinski definition) is 11. The molecule has 14 heteroatoms. The number of halogens is 2. The number of benzene rings is 1. The minimum atomic E-state index is -0.777. The zero-order valence-electron chi connectivity index (χ0n) is 27.6. The van der Waals surface area contributed by atoms with Crippen LogP contribution in [0, 0.1) is 5.92 Å². The summed E-state index contributed by atoms with van der Waals surface area (Å²) in [4.78, 5) is 29.1. The average molecular weight is 708 g/mol. The van der Waals surface area contributed by atoms with E-state index in [4.69, 9.17) is 43.5 Å². The molecule has 2 atom stereocenters. The summed E-state index contributed by atoms with van der Waals surface area (Å²) in [6.07, 6.45) is 8.35. The minimum Gasteiger partial charge on any atom is -0.436 e. The Hall–Kier alpha value is -2.71. The van der Waals surface area contributed by atoms with Crippen LogP contribution in [0.3, 0.4) is 0 Å². The number of nitrogens with two attached hydrogens (primary N) is 2. The first-order chi connectivity index (χ1) is 22.7. The fourth-order valence-corrected chi connectivity index (χ4v) is 6.50. The third-order valence-electron chi connectivity index (χ3n) is 8.38. The number of nitrogens with zero attached hydrogens (tertiary/aromatic N) is 6. The summed E-state index contributed by atoms with van der Waals surface area (Å²) in [7, 11) is 0.723. The van der Waals surface area contributed by atoms with Crippen LogP contribution in [0.15, 0.2) is 42.7 Å². The molecule has 3 aromatic rings. The van der Waals surface area contributed by atoms with Crippen molar-refractivity contribution < 1.29 is 13.7 Å². The summed E-state index contributed by atoms with van der Waals surface area (Å²) < 4.78 is 17.9. The first-order valence-electron chi connectivity index (χ1n) is 15.8. The monoisotopic (exact) mass is 706 g/mol. The molecule has 2 unspecified atom stereocenters. The van der Waals surface area contributed by atoms with Crippen LogP contribution in [0.25, 0.3) is 11.3 Å². The van der Waals surface area contributed by atoms with Gasteiger partial charge in [0.05, 0.1) is 18.1 Å². The van der Waals surface area contributed by atoms with Crippen LogP contribution in [0.5, 0.6) is 11.6 Å². The maximum Gasteiger partial charge on any atom is 0.225 e. The summed E-state index contributed by atoms with van der Waals surface area (Å²) in [5, 5.41) is 1.33. The predicted octanol–water partition coefficient (Wildman–Crippen LogP) is 4.48. The van der Waals surface area contributed by atoms with Crippen LogP contribution in [0.1, 0.15) is 31.7 Å². The average Bonchev–Trinajstić information content (AvgIpc) is 3.09. The van der Waals surface area contributed by atoms with Gasteiger partial charge in [-0.05, 0) is 88.2 Å². The summed E-state index contributed by atoms with van der Waals surface area (Å²) in [5.74, 6) is 2.28. The number of ether oxygens (including phenoxy) is 1. The Bertz CT molecular complexity index is 1380. The lowest BCUT2D eigenvalue weighted by Gasteiger charge is -2.35. The van der Waals surface area contributed by atoms with Gasteiger partial charge in [-0.15, -0.1) is 0 Å². The van der Waals surface area contributed by atoms with E-state index in [1.165, 1.54) is 7.05 Å². The molecule has 2 saturated heterocycles. The number of aromatic nitrogens is 3. The molecule has 2 fully saturated rings. The van der Waals surface area contributed by atoms with Crippen molar-refractivity contribution in [1.29, 1.82) is 0 Å². The molecule has 0 aliphatic carbocycles. The molecule has 4 heterocycles. The van der Waals surface area contributed by atoms with Crippen molar-refractivity contribution in [2.75, 3.05) is 70.6 Å². The number of piperidine rings is 1. The predicted molar refractivity (Wildman–Crippen MR) is 193 cm³/mol.